The van der Waals surface area contributed by atoms with Gasteiger partial charge in [-0.1, -0.05) is 6.92 Å². The van der Waals surface area contributed by atoms with Crippen LogP contribution in [0.2, 0.25) is 0 Å². The van der Waals surface area contributed by atoms with Crippen LogP contribution in [0, 0.1) is 17.8 Å². The van der Waals surface area contributed by atoms with Gasteiger partial charge in [-0.15, -0.1) is 0 Å². The highest BCUT2D eigenvalue weighted by Gasteiger charge is 2.64. The molecule has 3 heterocycles. The number of hydrogen-bond donors (Lipinski definition) is 0. The molecular formula is C12H18O4. The third-order valence-electron chi connectivity index (χ3n) is 4.60. The Morgan fingerprint density at radius 3 is 2.88 bits per heavy atom. The molecule has 0 amide bonds. The zero-order chi connectivity index (χ0) is 11.5. The number of esters is 1. The molecule has 90 valence electrons. The number of fused-ring (bicyclic) bond motifs is 1. The quantitative estimate of drug-likeness (QED) is 0.633. The van der Waals surface area contributed by atoms with Crippen LogP contribution in [0.5, 0.6) is 0 Å². The lowest BCUT2D eigenvalue weighted by atomic mass is 9.76. The van der Waals surface area contributed by atoms with Crippen LogP contribution in [-0.4, -0.2) is 30.6 Å². The second-order valence-corrected chi connectivity index (χ2v) is 5.47. The van der Waals surface area contributed by atoms with E-state index in [-0.39, 0.29) is 24.0 Å². The van der Waals surface area contributed by atoms with Gasteiger partial charge >= 0.3 is 5.97 Å². The van der Waals surface area contributed by atoms with E-state index in [9.17, 15) is 4.79 Å². The van der Waals surface area contributed by atoms with Crippen LogP contribution in [-0.2, 0) is 19.0 Å². The lowest BCUT2D eigenvalue weighted by Crippen LogP contribution is -2.59. The number of carbonyl (C=O) groups is 1. The second kappa shape index (κ2) is 3.20. The van der Waals surface area contributed by atoms with Gasteiger partial charge in [0.25, 0.3) is 0 Å². The van der Waals surface area contributed by atoms with Gasteiger partial charge in [0.15, 0.2) is 6.29 Å². The fourth-order valence-electron chi connectivity index (χ4n) is 3.65. The molecule has 16 heavy (non-hydrogen) atoms. The Hall–Kier alpha value is -0.610. The van der Waals surface area contributed by atoms with Crippen molar-refractivity contribution in [2.45, 2.75) is 45.2 Å². The highest BCUT2D eigenvalue weighted by atomic mass is 16.7. The molecule has 0 aromatic heterocycles. The van der Waals surface area contributed by atoms with Crippen molar-refractivity contribution in [3.05, 3.63) is 0 Å². The maximum atomic E-state index is 11.1. The van der Waals surface area contributed by atoms with E-state index in [1.165, 1.54) is 6.92 Å². The SMILES string of the molecule is CC(=O)O[C@@H]1CC2C(C)C3OCC2C1(C)O3. The molecule has 3 aliphatic heterocycles. The van der Waals surface area contributed by atoms with Gasteiger partial charge in [0.2, 0.25) is 0 Å². The molecule has 0 N–H and O–H groups in total. The molecule has 5 unspecified atom stereocenters. The first-order chi connectivity index (χ1) is 7.52. The Balaban J connectivity index is 1.90. The van der Waals surface area contributed by atoms with Crippen molar-refractivity contribution >= 4 is 5.97 Å². The molecule has 4 heteroatoms. The van der Waals surface area contributed by atoms with E-state index >= 15 is 0 Å². The van der Waals surface area contributed by atoms with Crippen LogP contribution in [0.4, 0.5) is 0 Å². The summed E-state index contributed by atoms with van der Waals surface area (Å²) in [5.41, 5.74) is -0.328. The first-order valence-corrected chi connectivity index (χ1v) is 5.99. The van der Waals surface area contributed by atoms with Crippen LogP contribution in [0.25, 0.3) is 0 Å². The van der Waals surface area contributed by atoms with Crippen molar-refractivity contribution in [3.8, 4) is 0 Å². The van der Waals surface area contributed by atoms with E-state index in [0.29, 0.717) is 17.8 Å². The van der Waals surface area contributed by atoms with Gasteiger partial charge in [0.05, 0.1) is 6.61 Å². The summed E-state index contributed by atoms with van der Waals surface area (Å²) in [5.74, 6) is 1.14. The minimum absolute atomic E-state index is 0.101. The molecule has 4 rings (SSSR count). The minimum Gasteiger partial charge on any atom is -0.459 e. The number of carbonyl (C=O) groups excluding carboxylic acids is 1. The van der Waals surface area contributed by atoms with Crippen molar-refractivity contribution in [3.63, 3.8) is 0 Å². The van der Waals surface area contributed by atoms with E-state index in [1.807, 2.05) is 0 Å². The Bertz CT molecular complexity index is 329. The molecule has 0 aromatic carbocycles. The standard InChI is InChI=1S/C12H18O4/c1-6-8-4-10(15-7(2)13)12(3)9(8)5-14-11(6)16-12/h6,8-11H,4-5H2,1-3H3/t6?,8?,9?,10-,11?,12?/m1/s1. The van der Waals surface area contributed by atoms with Crippen LogP contribution in [0.3, 0.4) is 0 Å². The van der Waals surface area contributed by atoms with Crippen LogP contribution in [0.15, 0.2) is 0 Å². The summed E-state index contributed by atoms with van der Waals surface area (Å²) in [7, 11) is 0. The molecule has 4 fully saturated rings. The second-order valence-electron chi connectivity index (χ2n) is 5.47. The summed E-state index contributed by atoms with van der Waals surface area (Å²) < 4.78 is 17.0. The highest BCUT2D eigenvalue weighted by molar-refractivity contribution is 5.66. The van der Waals surface area contributed by atoms with Gasteiger partial charge in [-0.25, -0.2) is 0 Å². The monoisotopic (exact) mass is 226 g/mol. The van der Waals surface area contributed by atoms with E-state index in [0.717, 1.165) is 13.0 Å². The lowest BCUT2D eigenvalue weighted by Gasteiger charge is -2.51. The predicted octanol–water partition coefficient (Wildman–Crippen LogP) is 1.34. The summed E-state index contributed by atoms with van der Waals surface area (Å²) in [6.45, 7) is 6.43. The summed E-state index contributed by atoms with van der Waals surface area (Å²) in [6.07, 6.45) is 0.707. The Labute approximate surface area is 95.2 Å². The summed E-state index contributed by atoms with van der Waals surface area (Å²) in [6, 6.07) is 0. The zero-order valence-corrected chi connectivity index (χ0v) is 9.93. The van der Waals surface area contributed by atoms with E-state index in [2.05, 4.69) is 13.8 Å². The molecule has 3 saturated heterocycles. The average Bonchev–Trinajstić information content (AvgIpc) is 2.44. The molecule has 6 atom stereocenters. The summed E-state index contributed by atoms with van der Waals surface area (Å²) in [4.78, 5) is 11.1. The largest absolute Gasteiger partial charge is 0.459 e. The molecular weight excluding hydrogens is 208 g/mol. The van der Waals surface area contributed by atoms with E-state index < -0.39 is 0 Å². The maximum Gasteiger partial charge on any atom is 0.303 e. The van der Waals surface area contributed by atoms with Gasteiger partial charge in [0, 0.05) is 18.8 Å². The average molecular weight is 226 g/mol. The molecule has 4 aliphatic rings. The van der Waals surface area contributed by atoms with E-state index in [1.54, 1.807) is 0 Å². The molecule has 0 radical (unpaired) electrons. The Kier molecular flexibility index (Phi) is 2.11. The van der Waals surface area contributed by atoms with Crippen LogP contribution >= 0.6 is 0 Å². The first-order valence-electron chi connectivity index (χ1n) is 5.99. The highest BCUT2D eigenvalue weighted by Crippen LogP contribution is 2.56. The predicted molar refractivity (Wildman–Crippen MR) is 55.5 cm³/mol. The smallest absolute Gasteiger partial charge is 0.303 e. The minimum atomic E-state index is -0.328. The number of rotatable bonds is 1. The third kappa shape index (κ3) is 1.20. The lowest BCUT2D eigenvalue weighted by molar-refractivity contribution is -0.338. The number of ether oxygens (including phenoxy) is 3. The zero-order valence-electron chi connectivity index (χ0n) is 9.93. The van der Waals surface area contributed by atoms with Crippen molar-refractivity contribution in [2.24, 2.45) is 17.8 Å². The van der Waals surface area contributed by atoms with E-state index in [4.69, 9.17) is 14.2 Å². The Morgan fingerprint density at radius 1 is 1.50 bits per heavy atom. The topological polar surface area (TPSA) is 44.8 Å². The van der Waals surface area contributed by atoms with Crippen molar-refractivity contribution in [1.29, 1.82) is 0 Å². The Morgan fingerprint density at radius 2 is 2.25 bits per heavy atom. The fraction of sp³-hybridized carbons (Fsp3) is 0.917. The van der Waals surface area contributed by atoms with Gasteiger partial charge in [0.1, 0.15) is 11.7 Å². The maximum absolute atomic E-state index is 11.1. The van der Waals surface area contributed by atoms with Crippen molar-refractivity contribution in [2.75, 3.05) is 6.61 Å². The van der Waals surface area contributed by atoms with Gasteiger partial charge in [-0.2, -0.15) is 0 Å². The molecule has 0 spiro atoms. The van der Waals surface area contributed by atoms with Gasteiger partial charge < -0.3 is 14.2 Å². The molecule has 1 saturated carbocycles. The van der Waals surface area contributed by atoms with Crippen molar-refractivity contribution < 1.29 is 19.0 Å². The molecule has 0 aromatic rings. The molecule has 4 bridgehead atoms. The summed E-state index contributed by atoms with van der Waals surface area (Å²) in [5, 5.41) is 0. The fourth-order valence-corrected chi connectivity index (χ4v) is 3.65. The molecule has 1 aliphatic carbocycles. The summed E-state index contributed by atoms with van der Waals surface area (Å²) >= 11 is 0. The number of hydrogen-bond acceptors (Lipinski definition) is 4. The van der Waals surface area contributed by atoms with Crippen LogP contribution < -0.4 is 0 Å². The van der Waals surface area contributed by atoms with Gasteiger partial charge in [-0.05, 0) is 19.3 Å². The molecule has 4 nitrogen and oxygen atoms in total. The van der Waals surface area contributed by atoms with Crippen LogP contribution in [0.1, 0.15) is 27.2 Å². The normalized spacial score (nSPS) is 54.1. The third-order valence-corrected chi connectivity index (χ3v) is 4.60. The van der Waals surface area contributed by atoms with Gasteiger partial charge in [-0.3, -0.25) is 4.79 Å². The first kappa shape index (κ1) is 10.5. The van der Waals surface area contributed by atoms with Crippen molar-refractivity contribution in [1.82, 2.24) is 0 Å².